The molecule has 0 heterocycles. The number of halogens is 1. The molecule has 1 aliphatic carbocycles. The zero-order valence-electron chi connectivity index (χ0n) is 11.5. The minimum atomic E-state index is -0.873. The van der Waals surface area contributed by atoms with Gasteiger partial charge >= 0.3 is 0 Å². The van der Waals surface area contributed by atoms with Crippen LogP contribution in [-0.4, -0.2) is 29.6 Å². The summed E-state index contributed by atoms with van der Waals surface area (Å²) >= 11 is 0. The van der Waals surface area contributed by atoms with E-state index in [1.165, 1.54) is 0 Å². The molecule has 1 amide bonds. The molecule has 0 aromatic heterocycles. The van der Waals surface area contributed by atoms with E-state index in [2.05, 4.69) is 5.32 Å². The molecular formula is C13H16FN3O4. The smallest absolute Gasteiger partial charge is 0.295 e. The number of benzene rings is 1. The maximum absolute atomic E-state index is 13.4. The number of anilines is 1. The van der Waals surface area contributed by atoms with Gasteiger partial charge in [0.15, 0.2) is 0 Å². The van der Waals surface area contributed by atoms with Gasteiger partial charge in [0.05, 0.1) is 22.7 Å². The standard InChI is InChI=1S/C13H16FN3O4/c1-2-21-9-5-8(6-9)16-13(18)10-3-7(14)4-11(12(10)15)17(19)20/h3-4,8-9H,2,5-6,15H2,1H3,(H,16,18). The van der Waals surface area contributed by atoms with E-state index < -0.39 is 22.3 Å². The fourth-order valence-corrected chi connectivity index (χ4v) is 2.26. The predicted octanol–water partition coefficient (Wildman–Crippen LogP) is 1.61. The van der Waals surface area contributed by atoms with Crippen molar-refractivity contribution in [2.24, 2.45) is 0 Å². The van der Waals surface area contributed by atoms with Crippen molar-refractivity contribution in [1.82, 2.24) is 5.32 Å². The summed E-state index contributed by atoms with van der Waals surface area (Å²) in [5, 5.41) is 13.4. The second-order valence-electron chi connectivity index (χ2n) is 4.86. The Morgan fingerprint density at radius 1 is 1.57 bits per heavy atom. The first-order valence-electron chi connectivity index (χ1n) is 6.58. The van der Waals surface area contributed by atoms with Crippen molar-refractivity contribution in [2.75, 3.05) is 12.3 Å². The summed E-state index contributed by atoms with van der Waals surface area (Å²) in [5.74, 6) is -1.49. The molecule has 0 atom stereocenters. The zero-order chi connectivity index (χ0) is 15.6. The number of hydrogen-bond acceptors (Lipinski definition) is 5. The highest BCUT2D eigenvalue weighted by molar-refractivity contribution is 6.01. The molecule has 7 nitrogen and oxygen atoms in total. The van der Waals surface area contributed by atoms with Crippen LogP contribution in [0.3, 0.4) is 0 Å². The number of carbonyl (C=O) groups is 1. The van der Waals surface area contributed by atoms with Crippen LogP contribution in [0.25, 0.3) is 0 Å². The van der Waals surface area contributed by atoms with Crippen LogP contribution in [0.2, 0.25) is 0 Å². The van der Waals surface area contributed by atoms with Gasteiger partial charge in [-0.25, -0.2) is 4.39 Å². The van der Waals surface area contributed by atoms with Gasteiger partial charge in [0.1, 0.15) is 11.5 Å². The monoisotopic (exact) mass is 297 g/mol. The number of nitrogens with two attached hydrogens (primary N) is 1. The first-order chi connectivity index (χ1) is 9.92. The summed E-state index contributed by atoms with van der Waals surface area (Å²) < 4.78 is 18.7. The van der Waals surface area contributed by atoms with E-state index in [1.807, 2.05) is 6.92 Å². The third-order valence-corrected chi connectivity index (χ3v) is 3.40. The van der Waals surface area contributed by atoms with E-state index >= 15 is 0 Å². The molecule has 1 fully saturated rings. The minimum absolute atomic E-state index is 0.0872. The number of nitro benzene ring substituents is 1. The van der Waals surface area contributed by atoms with E-state index in [9.17, 15) is 19.3 Å². The Balaban J connectivity index is 2.08. The van der Waals surface area contributed by atoms with Crippen molar-refractivity contribution >= 4 is 17.3 Å². The van der Waals surface area contributed by atoms with E-state index in [1.54, 1.807) is 0 Å². The maximum Gasteiger partial charge on any atom is 0.295 e. The summed E-state index contributed by atoms with van der Waals surface area (Å²) in [6.07, 6.45) is 1.44. The molecule has 3 N–H and O–H groups in total. The molecule has 0 saturated heterocycles. The van der Waals surface area contributed by atoms with Gasteiger partial charge in [0, 0.05) is 12.6 Å². The molecule has 0 radical (unpaired) electrons. The number of hydrogen-bond donors (Lipinski definition) is 2. The van der Waals surface area contributed by atoms with E-state index in [0.29, 0.717) is 25.5 Å². The molecule has 0 unspecified atom stereocenters. The molecular weight excluding hydrogens is 281 g/mol. The second-order valence-corrected chi connectivity index (χ2v) is 4.86. The number of nitrogens with one attached hydrogen (secondary N) is 1. The Bertz CT molecular complexity index is 573. The molecule has 1 aromatic rings. The fraction of sp³-hybridized carbons (Fsp3) is 0.462. The molecule has 0 bridgehead atoms. The molecule has 8 heteroatoms. The lowest BCUT2D eigenvalue weighted by Crippen LogP contribution is -2.48. The second kappa shape index (κ2) is 6.04. The number of nitrogen functional groups attached to an aromatic ring is 1. The minimum Gasteiger partial charge on any atom is -0.393 e. The van der Waals surface area contributed by atoms with Crippen molar-refractivity contribution < 1.29 is 18.8 Å². The Hall–Kier alpha value is -2.22. The number of nitro groups is 1. The highest BCUT2D eigenvalue weighted by atomic mass is 19.1. The lowest BCUT2D eigenvalue weighted by atomic mass is 9.89. The van der Waals surface area contributed by atoms with Crippen molar-refractivity contribution in [1.29, 1.82) is 0 Å². The van der Waals surface area contributed by atoms with Gasteiger partial charge in [-0.15, -0.1) is 0 Å². The van der Waals surface area contributed by atoms with Crippen molar-refractivity contribution in [3.8, 4) is 0 Å². The van der Waals surface area contributed by atoms with Crippen LogP contribution in [0.1, 0.15) is 30.1 Å². The van der Waals surface area contributed by atoms with E-state index in [4.69, 9.17) is 10.5 Å². The molecule has 114 valence electrons. The quantitative estimate of drug-likeness (QED) is 0.487. The van der Waals surface area contributed by atoms with Crippen molar-refractivity contribution in [2.45, 2.75) is 31.9 Å². The Kier molecular flexibility index (Phi) is 4.37. The van der Waals surface area contributed by atoms with Gasteiger partial charge in [0.25, 0.3) is 11.6 Å². The van der Waals surface area contributed by atoms with Gasteiger partial charge in [0.2, 0.25) is 0 Å². The van der Waals surface area contributed by atoms with Crippen LogP contribution >= 0.6 is 0 Å². The van der Waals surface area contributed by atoms with E-state index in [-0.39, 0.29) is 23.4 Å². The lowest BCUT2D eigenvalue weighted by molar-refractivity contribution is -0.384. The molecule has 1 aromatic carbocycles. The molecule has 2 rings (SSSR count). The van der Waals surface area contributed by atoms with Gasteiger partial charge in [-0.2, -0.15) is 0 Å². The van der Waals surface area contributed by atoms with Gasteiger partial charge in [-0.05, 0) is 25.8 Å². The van der Waals surface area contributed by atoms with E-state index in [0.717, 1.165) is 6.07 Å². The summed E-state index contributed by atoms with van der Waals surface area (Å²) in [5.41, 5.74) is 4.41. The summed E-state index contributed by atoms with van der Waals surface area (Å²) in [6.45, 7) is 2.49. The average molecular weight is 297 g/mol. The normalized spacial score (nSPS) is 20.7. The molecule has 0 aliphatic heterocycles. The summed E-state index contributed by atoms with van der Waals surface area (Å²) in [4.78, 5) is 22.0. The third-order valence-electron chi connectivity index (χ3n) is 3.40. The average Bonchev–Trinajstić information content (AvgIpc) is 2.38. The van der Waals surface area contributed by atoms with Gasteiger partial charge in [-0.3, -0.25) is 14.9 Å². The Morgan fingerprint density at radius 2 is 2.24 bits per heavy atom. The van der Waals surface area contributed by atoms with Crippen LogP contribution in [-0.2, 0) is 4.74 Å². The van der Waals surface area contributed by atoms with Gasteiger partial charge < -0.3 is 15.8 Å². The largest absolute Gasteiger partial charge is 0.393 e. The van der Waals surface area contributed by atoms with Crippen LogP contribution in [0, 0.1) is 15.9 Å². The molecule has 1 saturated carbocycles. The maximum atomic E-state index is 13.4. The van der Waals surface area contributed by atoms with Gasteiger partial charge in [-0.1, -0.05) is 0 Å². The molecule has 21 heavy (non-hydrogen) atoms. The van der Waals surface area contributed by atoms with Crippen LogP contribution in [0.15, 0.2) is 12.1 Å². The lowest BCUT2D eigenvalue weighted by Gasteiger charge is -2.35. The Morgan fingerprint density at radius 3 is 2.81 bits per heavy atom. The predicted molar refractivity (Wildman–Crippen MR) is 73.4 cm³/mol. The first-order valence-corrected chi connectivity index (χ1v) is 6.58. The SMILES string of the molecule is CCOC1CC(NC(=O)c2cc(F)cc([N+](=O)[O-])c2N)C1. The highest BCUT2D eigenvalue weighted by Crippen LogP contribution is 2.28. The number of nitrogens with zero attached hydrogens (tertiary/aromatic N) is 1. The summed E-state index contributed by atoms with van der Waals surface area (Å²) in [6, 6.07) is 1.51. The fourth-order valence-electron chi connectivity index (χ4n) is 2.26. The van der Waals surface area contributed by atoms with Crippen molar-refractivity contribution in [3.05, 3.63) is 33.6 Å². The van der Waals surface area contributed by atoms with Crippen LogP contribution in [0.4, 0.5) is 15.8 Å². The topological polar surface area (TPSA) is 107 Å². The van der Waals surface area contributed by atoms with Crippen LogP contribution < -0.4 is 11.1 Å². The third kappa shape index (κ3) is 3.27. The van der Waals surface area contributed by atoms with Crippen molar-refractivity contribution in [3.63, 3.8) is 0 Å². The molecule has 1 aliphatic rings. The number of amides is 1. The first kappa shape index (κ1) is 15.2. The van der Waals surface area contributed by atoms with Crippen LogP contribution in [0.5, 0.6) is 0 Å². The zero-order valence-corrected chi connectivity index (χ0v) is 11.5. The molecule has 0 spiro atoms. The number of ether oxygens (including phenoxy) is 1. The number of rotatable bonds is 5. The summed E-state index contributed by atoms with van der Waals surface area (Å²) in [7, 11) is 0. The Labute approximate surface area is 120 Å². The number of carbonyl (C=O) groups excluding carboxylic acids is 1. The highest BCUT2D eigenvalue weighted by Gasteiger charge is 2.32.